The maximum atomic E-state index is 6.27. The molecule has 1 aromatic rings. The number of hydrazine groups is 1. The third-order valence-corrected chi connectivity index (χ3v) is 5.37. The molecule has 108 valence electrons. The maximum Gasteiger partial charge on any atom is 0.0835 e. The second-order valence-corrected chi connectivity index (χ2v) is 7.12. The van der Waals surface area contributed by atoms with Gasteiger partial charge in [-0.15, -0.1) is 0 Å². The Labute approximate surface area is 124 Å². The van der Waals surface area contributed by atoms with Gasteiger partial charge in [-0.1, -0.05) is 24.4 Å². The molecule has 2 rings (SSSR count). The predicted octanol–water partition coefficient (Wildman–Crippen LogP) is 3.30. The van der Waals surface area contributed by atoms with Crippen molar-refractivity contribution >= 4 is 23.4 Å². The third-order valence-electron chi connectivity index (χ3n) is 3.61. The largest absolute Gasteiger partial charge is 0.271 e. The standard InChI is InChI=1S/C13H23ClN4S/c1-9(2)18-13(11(14)7-16-18)12(17-15)8-19-10-5-3-4-6-10/h7,9-10,12,17H,3-6,8,15H2,1-2H3. The first-order chi connectivity index (χ1) is 9.13. The molecule has 0 aromatic carbocycles. The zero-order chi connectivity index (χ0) is 13.8. The summed E-state index contributed by atoms with van der Waals surface area (Å²) >= 11 is 8.27. The van der Waals surface area contributed by atoms with Crippen LogP contribution in [0.1, 0.15) is 57.3 Å². The van der Waals surface area contributed by atoms with E-state index in [0.717, 1.165) is 16.7 Å². The number of hydrogen-bond acceptors (Lipinski definition) is 4. The van der Waals surface area contributed by atoms with E-state index < -0.39 is 0 Å². The molecule has 1 aromatic heterocycles. The summed E-state index contributed by atoms with van der Waals surface area (Å²) in [6.07, 6.45) is 7.10. The van der Waals surface area contributed by atoms with Crippen LogP contribution in [0.2, 0.25) is 5.02 Å². The Kier molecular flexibility index (Phi) is 5.57. The molecule has 0 saturated heterocycles. The van der Waals surface area contributed by atoms with Gasteiger partial charge in [0.05, 0.1) is 23.0 Å². The number of hydrogen-bond donors (Lipinski definition) is 2. The molecule has 4 nitrogen and oxygen atoms in total. The van der Waals surface area contributed by atoms with Crippen LogP contribution >= 0.6 is 23.4 Å². The van der Waals surface area contributed by atoms with Crippen molar-refractivity contribution in [1.29, 1.82) is 0 Å². The van der Waals surface area contributed by atoms with Crippen molar-refractivity contribution in [3.05, 3.63) is 16.9 Å². The molecule has 0 aliphatic heterocycles. The number of aromatic nitrogens is 2. The minimum Gasteiger partial charge on any atom is -0.271 e. The zero-order valence-electron chi connectivity index (χ0n) is 11.6. The lowest BCUT2D eigenvalue weighted by Crippen LogP contribution is -2.32. The molecule has 0 bridgehead atoms. The molecule has 0 radical (unpaired) electrons. The van der Waals surface area contributed by atoms with Crippen molar-refractivity contribution in [2.75, 3.05) is 5.75 Å². The highest BCUT2D eigenvalue weighted by Gasteiger charge is 2.23. The summed E-state index contributed by atoms with van der Waals surface area (Å²) in [4.78, 5) is 0. The van der Waals surface area contributed by atoms with Gasteiger partial charge in [-0.3, -0.25) is 16.0 Å². The van der Waals surface area contributed by atoms with Crippen LogP contribution in [0.4, 0.5) is 0 Å². The van der Waals surface area contributed by atoms with Gasteiger partial charge in [0.15, 0.2) is 0 Å². The molecular weight excluding hydrogens is 280 g/mol. The molecule has 0 spiro atoms. The summed E-state index contributed by atoms with van der Waals surface area (Å²) in [5.41, 5.74) is 3.90. The highest BCUT2D eigenvalue weighted by Crippen LogP contribution is 2.33. The monoisotopic (exact) mass is 302 g/mol. The number of halogens is 1. The fourth-order valence-corrected chi connectivity index (χ4v) is 4.23. The Morgan fingerprint density at radius 3 is 2.79 bits per heavy atom. The number of rotatable bonds is 6. The molecule has 1 unspecified atom stereocenters. The summed E-state index contributed by atoms with van der Waals surface area (Å²) in [5, 5.41) is 5.82. The van der Waals surface area contributed by atoms with E-state index in [1.165, 1.54) is 25.7 Å². The van der Waals surface area contributed by atoms with Gasteiger partial charge in [-0.2, -0.15) is 16.9 Å². The predicted molar refractivity (Wildman–Crippen MR) is 82.4 cm³/mol. The molecular formula is C13H23ClN4S. The van der Waals surface area contributed by atoms with Crippen LogP contribution in [0.15, 0.2) is 6.20 Å². The van der Waals surface area contributed by atoms with Gasteiger partial charge in [0.25, 0.3) is 0 Å². The number of thioether (sulfide) groups is 1. The fourth-order valence-electron chi connectivity index (χ4n) is 2.58. The van der Waals surface area contributed by atoms with Crippen LogP contribution in [0.3, 0.4) is 0 Å². The second-order valence-electron chi connectivity index (χ2n) is 5.38. The van der Waals surface area contributed by atoms with E-state index in [1.54, 1.807) is 6.20 Å². The minimum atomic E-state index is 0.0583. The lowest BCUT2D eigenvalue weighted by molar-refractivity contribution is 0.468. The molecule has 0 amide bonds. The first kappa shape index (κ1) is 15.2. The van der Waals surface area contributed by atoms with Crippen LogP contribution in [0, 0.1) is 0 Å². The summed E-state index contributed by atoms with van der Waals surface area (Å²) in [7, 11) is 0. The average Bonchev–Trinajstić information content (AvgIpc) is 3.00. The highest BCUT2D eigenvalue weighted by atomic mass is 35.5. The minimum absolute atomic E-state index is 0.0583. The molecule has 19 heavy (non-hydrogen) atoms. The number of nitrogens with zero attached hydrogens (tertiary/aromatic N) is 2. The van der Waals surface area contributed by atoms with E-state index in [1.807, 2.05) is 16.4 Å². The van der Waals surface area contributed by atoms with Gasteiger partial charge in [0.2, 0.25) is 0 Å². The summed E-state index contributed by atoms with van der Waals surface area (Å²) in [6, 6.07) is 0.345. The Balaban J connectivity index is 2.05. The smallest absolute Gasteiger partial charge is 0.0835 e. The van der Waals surface area contributed by atoms with E-state index >= 15 is 0 Å². The Bertz CT molecular complexity index is 401. The third kappa shape index (κ3) is 3.66. The fraction of sp³-hybridized carbons (Fsp3) is 0.769. The maximum absolute atomic E-state index is 6.27. The Morgan fingerprint density at radius 1 is 1.53 bits per heavy atom. The normalized spacial score (nSPS) is 18.4. The Hall–Kier alpha value is -0.230. The van der Waals surface area contributed by atoms with Crippen molar-refractivity contribution in [1.82, 2.24) is 15.2 Å². The first-order valence-corrected chi connectivity index (χ1v) is 8.36. The van der Waals surface area contributed by atoms with Crippen molar-refractivity contribution in [2.45, 2.75) is 56.9 Å². The number of nitrogens with two attached hydrogens (primary N) is 1. The highest BCUT2D eigenvalue weighted by molar-refractivity contribution is 7.99. The molecule has 3 N–H and O–H groups in total. The van der Waals surface area contributed by atoms with Gasteiger partial charge in [-0.05, 0) is 26.7 Å². The van der Waals surface area contributed by atoms with E-state index in [9.17, 15) is 0 Å². The van der Waals surface area contributed by atoms with Crippen molar-refractivity contribution in [3.8, 4) is 0 Å². The number of nitrogens with one attached hydrogen (secondary N) is 1. The summed E-state index contributed by atoms with van der Waals surface area (Å²) in [5.74, 6) is 6.67. The summed E-state index contributed by atoms with van der Waals surface area (Å²) < 4.78 is 1.96. The van der Waals surface area contributed by atoms with Gasteiger partial charge < -0.3 is 0 Å². The SMILES string of the molecule is CC(C)n1ncc(Cl)c1C(CSC1CCCC1)NN. The first-order valence-electron chi connectivity index (χ1n) is 6.94. The van der Waals surface area contributed by atoms with Crippen LogP contribution in [-0.4, -0.2) is 20.8 Å². The molecule has 1 fully saturated rings. The topological polar surface area (TPSA) is 55.9 Å². The average molecular weight is 303 g/mol. The zero-order valence-corrected chi connectivity index (χ0v) is 13.2. The van der Waals surface area contributed by atoms with E-state index in [2.05, 4.69) is 24.4 Å². The van der Waals surface area contributed by atoms with Crippen molar-refractivity contribution < 1.29 is 0 Å². The Morgan fingerprint density at radius 2 is 2.21 bits per heavy atom. The van der Waals surface area contributed by atoms with Crippen LogP contribution in [0.5, 0.6) is 0 Å². The van der Waals surface area contributed by atoms with Gasteiger partial charge in [0, 0.05) is 17.0 Å². The van der Waals surface area contributed by atoms with Crippen LogP contribution < -0.4 is 11.3 Å². The quantitative estimate of drug-likeness (QED) is 0.625. The molecule has 1 aliphatic rings. The van der Waals surface area contributed by atoms with E-state index in [-0.39, 0.29) is 12.1 Å². The van der Waals surface area contributed by atoms with Crippen molar-refractivity contribution in [2.24, 2.45) is 5.84 Å². The van der Waals surface area contributed by atoms with Gasteiger partial charge >= 0.3 is 0 Å². The van der Waals surface area contributed by atoms with E-state index in [0.29, 0.717) is 5.02 Å². The second kappa shape index (κ2) is 6.97. The van der Waals surface area contributed by atoms with Crippen LogP contribution in [-0.2, 0) is 0 Å². The van der Waals surface area contributed by atoms with Crippen molar-refractivity contribution in [3.63, 3.8) is 0 Å². The molecule has 1 atom stereocenters. The summed E-state index contributed by atoms with van der Waals surface area (Å²) in [6.45, 7) is 4.20. The molecule has 1 saturated carbocycles. The van der Waals surface area contributed by atoms with Gasteiger partial charge in [-0.25, -0.2) is 0 Å². The molecule has 1 heterocycles. The molecule has 1 aliphatic carbocycles. The lowest BCUT2D eigenvalue weighted by Gasteiger charge is -2.21. The van der Waals surface area contributed by atoms with Crippen LogP contribution in [0.25, 0.3) is 0 Å². The lowest BCUT2D eigenvalue weighted by atomic mass is 10.2. The van der Waals surface area contributed by atoms with Gasteiger partial charge in [0.1, 0.15) is 0 Å². The van der Waals surface area contributed by atoms with E-state index in [4.69, 9.17) is 17.4 Å². The molecule has 6 heteroatoms.